The number of carbonyl (C=O) groups excluding carboxylic acids is 1. The van der Waals surface area contributed by atoms with E-state index in [0.717, 1.165) is 6.26 Å². The number of fused-ring (bicyclic) bond motifs is 1. The van der Waals surface area contributed by atoms with Crippen molar-refractivity contribution in [2.24, 2.45) is 0 Å². The van der Waals surface area contributed by atoms with Crippen LogP contribution in [-0.4, -0.2) is 49.9 Å². The third-order valence-corrected chi connectivity index (χ3v) is 5.48. The molecule has 2 aromatic rings. The Labute approximate surface area is 164 Å². The number of amides is 1. The van der Waals surface area contributed by atoms with E-state index in [1.54, 1.807) is 30.3 Å². The van der Waals surface area contributed by atoms with E-state index < -0.39 is 15.9 Å². The number of carbonyl (C=O) groups is 1. The molecule has 0 saturated carbocycles. The minimum Gasteiger partial charge on any atom is -0.491 e. The number of ether oxygens (including phenoxy) is 2. The minimum absolute atomic E-state index is 0.221. The van der Waals surface area contributed by atoms with Crippen LogP contribution in [0.3, 0.4) is 0 Å². The van der Waals surface area contributed by atoms with E-state index >= 15 is 0 Å². The highest BCUT2D eigenvalue weighted by Crippen LogP contribution is 2.36. The molecular formula is C19H23N3O5S. The molecule has 0 aliphatic carbocycles. The van der Waals surface area contributed by atoms with Crippen molar-refractivity contribution in [3.8, 4) is 11.6 Å². The van der Waals surface area contributed by atoms with E-state index in [9.17, 15) is 13.2 Å². The lowest BCUT2D eigenvalue weighted by molar-refractivity contribution is 0.0714. The van der Waals surface area contributed by atoms with Crippen LogP contribution in [0.5, 0.6) is 11.6 Å². The summed E-state index contributed by atoms with van der Waals surface area (Å²) >= 11 is 0. The summed E-state index contributed by atoms with van der Waals surface area (Å²) in [5.41, 5.74) is 8.11. The van der Waals surface area contributed by atoms with Gasteiger partial charge in [-0.3, -0.25) is 4.79 Å². The average Bonchev–Trinajstić information content (AvgIpc) is 2.97. The molecule has 2 heterocycles. The fraction of sp³-hybridized carbons (Fsp3) is 0.368. The number of rotatable bonds is 7. The lowest BCUT2D eigenvalue weighted by atomic mass is 10.1. The number of nitrogens with zero attached hydrogens (tertiary/aromatic N) is 2. The van der Waals surface area contributed by atoms with E-state index in [1.807, 2.05) is 6.92 Å². The maximum Gasteiger partial charge on any atom is 0.257 e. The summed E-state index contributed by atoms with van der Waals surface area (Å²) in [7, 11) is -1.91. The van der Waals surface area contributed by atoms with Gasteiger partial charge in [0.2, 0.25) is 0 Å². The Bertz CT molecular complexity index is 1010. The van der Waals surface area contributed by atoms with Crippen LogP contribution in [0, 0.1) is 0 Å². The smallest absolute Gasteiger partial charge is 0.257 e. The Morgan fingerprint density at radius 2 is 2.04 bits per heavy atom. The van der Waals surface area contributed by atoms with Gasteiger partial charge in [0, 0.05) is 29.6 Å². The highest BCUT2D eigenvalue weighted by atomic mass is 32.2. The summed E-state index contributed by atoms with van der Waals surface area (Å²) < 4.78 is 35.0. The quantitative estimate of drug-likeness (QED) is 0.699. The molecule has 28 heavy (non-hydrogen) atoms. The van der Waals surface area contributed by atoms with Crippen molar-refractivity contribution < 1.29 is 22.7 Å². The normalized spacial score (nSPS) is 14.7. The topological polar surface area (TPSA) is 112 Å². The molecule has 9 heteroatoms. The van der Waals surface area contributed by atoms with Gasteiger partial charge in [0.15, 0.2) is 5.75 Å². The van der Waals surface area contributed by atoms with Gasteiger partial charge < -0.3 is 20.1 Å². The van der Waals surface area contributed by atoms with Crippen molar-refractivity contribution in [1.29, 1.82) is 0 Å². The number of nitrogens with two attached hydrogens (primary N) is 1. The second-order valence-corrected chi connectivity index (χ2v) is 8.78. The highest BCUT2D eigenvalue weighted by molar-refractivity contribution is 7.90. The zero-order valence-electron chi connectivity index (χ0n) is 16.0. The van der Waals surface area contributed by atoms with Gasteiger partial charge in [-0.05, 0) is 31.2 Å². The van der Waals surface area contributed by atoms with Gasteiger partial charge in [0.1, 0.15) is 9.84 Å². The Morgan fingerprint density at radius 1 is 1.29 bits per heavy atom. The summed E-state index contributed by atoms with van der Waals surface area (Å²) in [4.78, 5) is 18.9. The fourth-order valence-electron chi connectivity index (χ4n) is 3.27. The predicted molar refractivity (Wildman–Crippen MR) is 105 cm³/mol. The molecule has 0 saturated heterocycles. The number of aromatic nitrogens is 1. The summed E-state index contributed by atoms with van der Waals surface area (Å²) in [6, 6.07) is 7.65. The van der Waals surface area contributed by atoms with Crippen LogP contribution in [0.1, 0.15) is 34.6 Å². The minimum atomic E-state index is -3.41. The zero-order valence-corrected chi connectivity index (χ0v) is 16.8. The van der Waals surface area contributed by atoms with Gasteiger partial charge in [-0.1, -0.05) is 6.07 Å². The van der Waals surface area contributed by atoms with Crippen molar-refractivity contribution in [2.75, 3.05) is 31.5 Å². The predicted octanol–water partition coefficient (Wildman–Crippen LogP) is 1.81. The average molecular weight is 405 g/mol. The summed E-state index contributed by atoms with van der Waals surface area (Å²) in [6.07, 6.45) is 1.13. The van der Waals surface area contributed by atoms with Gasteiger partial charge in [-0.25, -0.2) is 13.4 Å². The molecule has 0 bridgehead atoms. The highest BCUT2D eigenvalue weighted by Gasteiger charge is 2.37. The number of pyridine rings is 1. The maximum atomic E-state index is 13.0. The van der Waals surface area contributed by atoms with Gasteiger partial charge in [0.05, 0.1) is 31.2 Å². The van der Waals surface area contributed by atoms with Gasteiger partial charge in [0.25, 0.3) is 11.8 Å². The fourth-order valence-corrected chi connectivity index (χ4v) is 4.20. The molecule has 1 aromatic heterocycles. The van der Waals surface area contributed by atoms with Crippen molar-refractivity contribution in [1.82, 2.24) is 9.88 Å². The first-order valence-corrected chi connectivity index (χ1v) is 10.8. The Balaban J connectivity index is 2.05. The number of benzene rings is 1. The molecule has 1 aromatic carbocycles. The number of anilines is 1. The molecule has 2 N–H and O–H groups in total. The number of nitrogen functional groups attached to an aromatic ring is 1. The molecule has 150 valence electrons. The largest absolute Gasteiger partial charge is 0.491 e. The van der Waals surface area contributed by atoms with Crippen LogP contribution < -0.4 is 15.2 Å². The molecule has 0 unspecified atom stereocenters. The summed E-state index contributed by atoms with van der Waals surface area (Å²) in [6.45, 7) is 2.40. The summed E-state index contributed by atoms with van der Waals surface area (Å²) in [5, 5.41) is 0. The molecule has 1 aliphatic heterocycles. The molecule has 1 aliphatic rings. The first-order valence-electron chi connectivity index (χ1n) is 8.79. The van der Waals surface area contributed by atoms with Crippen LogP contribution in [0.15, 0.2) is 30.3 Å². The van der Waals surface area contributed by atoms with Gasteiger partial charge in [-0.15, -0.1) is 0 Å². The molecule has 0 spiro atoms. The lowest BCUT2D eigenvalue weighted by Crippen LogP contribution is -2.34. The van der Waals surface area contributed by atoms with Crippen molar-refractivity contribution in [3.05, 3.63) is 47.2 Å². The molecule has 8 nitrogen and oxygen atoms in total. The zero-order chi connectivity index (χ0) is 20.5. The van der Waals surface area contributed by atoms with E-state index in [-0.39, 0.29) is 24.1 Å². The second kappa shape index (κ2) is 7.67. The SMILES string of the molecule is CCOc1nc([C@@H](CS(C)(=O)=O)N2Cc3c(N)cccc3C2=O)ccc1OC. The Morgan fingerprint density at radius 3 is 2.64 bits per heavy atom. The van der Waals surface area contributed by atoms with Crippen LogP contribution in [-0.2, 0) is 16.4 Å². The van der Waals surface area contributed by atoms with Crippen molar-refractivity contribution in [2.45, 2.75) is 19.5 Å². The Hall–Kier alpha value is -2.81. The third kappa shape index (κ3) is 3.89. The Kier molecular flexibility index (Phi) is 5.46. The second-order valence-electron chi connectivity index (χ2n) is 6.59. The third-order valence-electron chi connectivity index (χ3n) is 4.56. The summed E-state index contributed by atoms with van der Waals surface area (Å²) in [5.74, 6) is 0.150. The van der Waals surface area contributed by atoms with Crippen LogP contribution in [0.4, 0.5) is 5.69 Å². The molecular weight excluding hydrogens is 382 g/mol. The van der Waals surface area contributed by atoms with Gasteiger partial charge in [-0.2, -0.15) is 0 Å². The standard InChI is InChI=1S/C19H23N3O5S/c1-4-27-18-17(26-2)9-8-15(21-18)16(11-28(3,24)25)22-10-13-12(19(22)23)6-5-7-14(13)20/h5-9,16H,4,10-11,20H2,1-3H3/t16-/m1/s1. The van der Waals surface area contributed by atoms with Crippen molar-refractivity contribution in [3.63, 3.8) is 0 Å². The van der Waals surface area contributed by atoms with E-state index in [0.29, 0.717) is 34.9 Å². The molecule has 0 radical (unpaired) electrons. The first kappa shape index (κ1) is 19.9. The molecule has 1 atom stereocenters. The van der Waals surface area contributed by atoms with E-state index in [2.05, 4.69) is 4.98 Å². The van der Waals surface area contributed by atoms with Crippen LogP contribution in [0.25, 0.3) is 0 Å². The monoisotopic (exact) mass is 405 g/mol. The number of hydrogen-bond donors (Lipinski definition) is 1. The molecule has 1 amide bonds. The maximum absolute atomic E-state index is 13.0. The number of methoxy groups -OCH3 is 1. The lowest BCUT2D eigenvalue weighted by Gasteiger charge is -2.27. The van der Waals surface area contributed by atoms with Crippen molar-refractivity contribution >= 4 is 21.4 Å². The van der Waals surface area contributed by atoms with Gasteiger partial charge >= 0.3 is 0 Å². The van der Waals surface area contributed by atoms with E-state index in [1.165, 1.54) is 12.0 Å². The molecule has 3 rings (SSSR count). The first-order chi connectivity index (χ1) is 13.2. The molecule has 0 fully saturated rings. The number of sulfone groups is 1. The van der Waals surface area contributed by atoms with Crippen LogP contribution in [0.2, 0.25) is 0 Å². The number of hydrogen-bond acceptors (Lipinski definition) is 7. The van der Waals surface area contributed by atoms with E-state index in [4.69, 9.17) is 15.2 Å². The van der Waals surface area contributed by atoms with Crippen LogP contribution >= 0.6 is 0 Å².